The number of nitrogens with one attached hydrogen (secondary N) is 2. The first kappa shape index (κ1) is 18.3. The van der Waals surface area contributed by atoms with Crippen molar-refractivity contribution >= 4 is 23.0 Å². The molecule has 2 rings (SSSR count). The van der Waals surface area contributed by atoms with Gasteiger partial charge in [-0.2, -0.15) is 0 Å². The van der Waals surface area contributed by atoms with E-state index in [9.17, 15) is 14.9 Å². The van der Waals surface area contributed by atoms with Gasteiger partial charge in [-0.15, -0.1) is 0 Å². The number of non-ortho nitro benzene ring substituents is 1. The number of nitro groups is 1. The minimum absolute atomic E-state index is 0.101. The Labute approximate surface area is 146 Å². The second-order valence-corrected chi connectivity index (χ2v) is 5.74. The summed E-state index contributed by atoms with van der Waals surface area (Å²) in [6.07, 6.45) is 0. The molecule has 1 amide bonds. The summed E-state index contributed by atoms with van der Waals surface area (Å²) >= 11 is 0. The first-order valence-electron chi connectivity index (χ1n) is 7.79. The van der Waals surface area contributed by atoms with Crippen LogP contribution in [0.15, 0.2) is 36.4 Å². The van der Waals surface area contributed by atoms with Crippen LogP contribution in [0.2, 0.25) is 0 Å². The average Bonchev–Trinajstić information content (AvgIpc) is 2.58. The molecule has 2 aromatic rings. The van der Waals surface area contributed by atoms with E-state index in [4.69, 9.17) is 4.74 Å². The monoisotopic (exact) mass is 343 g/mol. The van der Waals surface area contributed by atoms with Gasteiger partial charge in [-0.1, -0.05) is 12.1 Å². The summed E-state index contributed by atoms with van der Waals surface area (Å²) in [4.78, 5) is 22.7. The third-order valence-electron chi connectivity index (χ3n) is 4.02. The van der Waals surface area contributed by atoms with Gasteiger partial charge in [0.05, 0.1) is 23.8 Å². The summed E-state index contributed by atoms with van der Waals surface area (Å²) in [5.41, 5.74) is 3.38. The highest BCUT2D eigenvalue weighted by Gasteiger charge is 2.18. The summed E-state index contributed by atoms with van der Waals surface area (Å²) in [6, 6.07) is 9.40. The zero-order valence-corrected chi connectivity index (χ0v) is 14.6. The molecular weight excluding hydrogens is 322 g/mol. The lowest BCUT2D eigenvalue weighted by Crippen LogP contribution is -2.32. The van der Waals surface area contributed by atoms with Crippen molar-refractivity contribution in [1.29, 1.82) is 0 Å². The highest BCUT2D eigenvalue weighted by Crippen LogP contribution is 2.29. The van der Waals surface area contributed by atoms with Crippen molar-refractivity contribution in [3.8, 4) is 5.75 Å². The van der Waals surface area contributed by atoms with Crippen LogP contribution in [0.25, 0.3) is 0 Å². The minimum atomic E-state index is -0.515. The van der Waals surface area contributed by atoms with Crippen LogP contribution in [0.3, 0.4) is 0 Å². The maximum absolute atomic E-state index is 12.4. The van der Waals surface area contributed by atoms with Crippen LogP contribution in [0.1, 0.15) is 18.1 Å². The summed E-state index contributed by atoms with van der Waals surface area (Å²) < 4.78 is 5.13. The van der Waals surface area contributed by atoms with E-state index in [1.54, 1.807) is 6.92 Å². The number of anilines is 2. The van der Waals surface area contributed by atoms with Crippen molar-refractivity contribution in [3.63, 3.8) is 0 Å². The van der Waals surface area contributed by atoms with Crippen LogP contribution in [-0.4, -0.2) is 24.0 Å². The van der Waals surface area contributed by atoms with Gasteiger partial charge < -0.3 is 15.4 Å². The lowest BCUT2D eigenvalue weighted by atomic mass is 10.1. The Balaban J connectivity index is 2.13. The number of nitrogens with zero attached hydrogens (tertiary/aromatic N) is 1. The van der Waals surface area contributed by atoms with Crippen molar-refractivity contribution in [1.82, 2.24) is 0 Å². The molecule has 0 heterocycles. The Morgan fingerprint density at radius 2 is 1.92 bits per heavy atom. The van der Waals surface area contributed by atoms with Crippen LogP contribution >= 0.6 is 0 Å². The number of benzene rings is 2. The maximum Gasteiger partial charge on any atom is 0.273 e. The smallest absolute Gasteiger partial charge is 0.273 e. The van der Waals surface area contributed by atoms with E-state index >= 15 is 0 Å². The van der Waals surface area contributed by atoms with E-state index < -0.39 is 11.0 Å². The van der Waals surface area contributed by atoms with E-state index in [-0.39, 0.29) is 17.3 Å². The zero-order valence-electron chi connectivity index (χ0n) is 14.6. The van der Waals surface area contributed by atoms with Crippen LogP contribution in [0, 0.1) is 24.0 Å². The Morgan fingerprint density at radius 3 is 2.56 bits per heavy atom. The third-order valence-corrected chi connectivity index (χ3v) is 4.02. The molecule has 1 atom stereocenters. The molecule has 25 heavy (non-hydrogen) atoms. The highest BCUT2D eigenvalue weighted by atomic mass is 16.6. The number of carbonyl (C=O) groups is 1. The fraction of sp³-hybridized carbons (Fsp3) is 0.278. The third kappa shape index (κ3) is 4.26. The van der Waals surface area contributed by atoms with Crippen molar-refractivity contribution < 1.29 is 14.5 Å². The predicted molar refractivity (Wildman–Crippen MR) is 97.3 cm³/mol. The van der Waals surface area contributed by atoms with Gasteiger partial charge in [0.25, 0.3) is 5.69 Å². The first-order chi connectivity index (χ1) is 11.8. The van der Waals surface area contributed by atoms with E-state index in [0.717, 1.165) is 16.8 Å². The SMILES string of the molecule is COc1cc([N+](=O)[O-])ccc1NC(=O)[C@@H](C)Nc1cccc(C)c1C. The summed E-state index contributed by atoms with van der Waals surface area (Å²) in [5, 5.41) is 16.7. The molecule has 0 aliphatic rings. The molecule has 0 spiro atoms. The first-order valence-corrected chi connectivity index (χ1v) is 7.79. The number of ether oxygens (including phenoxy) is 1. The molecule has 0 saturated carbocycles. The van der Waals surface area contributed by atoms with Gasteiger partial charge in [0.1, 0.15) is 11.8 Å². The molecule has 7 heteroatoms. The summed E-state index contributed by atoms with van der Waals surface area (Å²) in [6.45, 7) is 5.74. The lowest BCUT2D eigenvalue weighted by molar-refractivity contribution is -0.384. The molecule has 0 aliphatic heterocycles. The Morgan fingerprint density at radius 1 is 1.20 bits per heavy atom. The van der Waals surface area contributed by atoms with Crippen molar-refractivity contribution in [3.05, 3.63) is 57.6 Å². The van der Waals surface area contributed by atoms with Crippen LogP contribution in [-0.2, 0) is 4.79 Å². The van der Waals surface area contributed by atoms with E-state index in [1.807, 2.05) is 32.0 Å². The molecule has 0 aliphatic carbocycles. The molecule has 0 saturated heterocycles. The van der Waals surface area contributed by atoms with Crippen molar-refractivity contribution in [2.75, 3.05) is 17.7 Å². The Kier molecular flexibility index (Phi) is 5.59. The number of methoxy groups -OCH3 is 1. The van der Waals surface area contributed by atoms with Gasteiger partial charge in [-0.3, -0.25) is 14.9 Å². The largest absolute Gasteiger partial charge is 0.494 e. The summed E-state index contributed by atoms with van der Waals surface area (Å²) in [7, 11) is 1.40. The highest BCUT2D eigenvalue weighted by molar-refractivity contribution is 5.97. The van der Waals surface area contributed by atoms with Gasteiger partial charge in [-0.05, 0) is 44.0 Å². The number of hydrogen-bond acceptors (Lipinski definition) is 5. The van der Waals surface area contributed by atoms with Gasteiger partial charge >= 0.3 is 0 Å². The second-order valence-electron chi connectivity index (χ2n) is 5.74. The van der Waals surface area contributed by atoms with Crippen molar-refractivity contribution in [2.24, 2.45) is 0 Å². The maximum atomic E-state index is 12.4. The summed E-state index contributed by atoms with van der Waals surface area (Å²) in [5.74, 6) is -0.0328. The van der Waals surface area contributed by atoms with Gasteiger partial charge in [0.15, 0.2) is 0 Å². The molecule has 0 unspecified atom stereocenters. The molecule has 0 radical (unpaired) electrons. The normalized spacial score (nSPS) is 11.5. The average molecular weight is 343 g/mol. The van der Waals surface area contributed by atoms with Gasteiger partial charge in [-0.25, -0.2) is 0 Å². The Bertz CT molecular complexity index is 805. The molecule has 0 aromatic heterocycles. The fourth-order valence-electron chi connectivity index (χ4n) is 2.34. The topological polar surface area (TPSA) is 93.5 Å². The van der Waals surface area contributed by atoms with Crippen molar-refractivity contribution in [2.45, 2.75) is 26.8 Å². The van der Waals surface area contributed by atoms with Gasteiger partial charge in [0, 0.05) is 11.8 Å². The van der Waals surface area contributed by atoms with E-state index in [1.165, 1.54) is 25.3 Å². The fourth-order valence-corrected chi connectivity index (χ4v) is 2.34. The van der Waals surface area contributed by atoms with E-state index in [0.29, 0.717) is 5.69 Å². The quantitative estimate of drug-likeness (QED) is 0.617. The molecule has 0 bridgehead atoms. The van der Waals surface area contributed by atoms with Crippen LogP contribution in [0.4, 0.5) is 17.1 Å². The number of rotatable bonds is 6. The molecule has 0 fully saturated rings. The molecule has 132 valence electrons. The van der Waals surface area contributed by atoms with Gasteiger partial charge in [0.2, 0.25) is 5.91 Å². The minimum Gasteiger partial charge on any atom is -0.494 e. The van der Waals surface area contributed by atoms with Crippen LogP contribution in [0.5, 0.6) is 5.75 Å². The molecule has 7 nitrogen and oxygen atoms in total. The number of nitro benzene ring substituents is 1. The lowest BCUT2D eigenvalue weighted by Gasteiger charge is -2.18. The number of aryl methyl sites for hydroxylation is 1. The molecular formula is C18H21N3O4. The van der Waals surface area contributed by atoms with Crippen LogP contribution < -0.4 is 15.4 Å². The zero-order chi connectivity index (χ0) is 18.6. The molecule has 2 N–H and O–H groups in total. The predicted octanol–water partition coefficient (Wildman–Crippen LogP) is 3.66. The second kappa shape index (κ2) is 7.65. The Hall–Kier alpha value is -3.09. The number of hydrogen-bond donors (Lipinski definition) is 2. The number of carbonyl (C=O) groups excluding carboxylic acids is 1. The number of amides is 1. The van der Waals surface area contributed by atoms with E-state index in [2.05, 4.69) is 10.6 Å². The molecule has 2 aromatic carbocycles. The standard InChI is InChI=1S/C18H21N3O4/c1-11-6-5-7-15(12(11)2)19-13(3)18(22)20-16-9-8-14(21(23)24)10-17(16)25-4/h5-10,13,19H,1-4H3,(H,20,22)/t13-/m1/s1.